The molecule has 0 saturated carbocycles. The molecule has 3 N–H and O–H groups in total. The van der Waals surface area contributed by atoms with Gasteiger partial charge in [-0.15, -0.1) is 11.3 Å². The number of thiophene rings is 1. The second kappa shape index (κ2) is 4.68. The zero-order chi connectivity index (χ0) is 14.3. The van der Waals surface area contributed by atoms with Gasteiger partial charge in [-0.3, -0.25) is 0 Å². The highest BCUT2D eigenvalue weighted by Crippen LogP contribution is 2.26. The van der Waals surface area contributed by atoms with Gasteiger partial charge in [-0.05, 0) is 36.8 Å². The quantitative estimate of drug-likeness (QED) is 0.710. The maximum atomic E-state index is 12.1. The molecule has 0 saturated heterocycles. The number of nitrogens with two attached hydrogens (primary N) is 1. The van der Waals surface area contributed by atoms with Gasteiger partial charge in [-0.2, -0.15) is 0 Å². The number of aryl methyl sites for hydroxylation is 1. The van der Waals surface area contributed by atoms with Crippen LogP contribution in [0.3, 0.4) is 0 Å². The Morgan fingerprint density at radius 1 is 1.30 bits per heavy atom. The van der Waals surface area contributed by atoms with Crippen LogP contribution in [0.1, 0.15) is 16.0 Å². The molecule has 102 valence electrons. The minimum Gasteiger partial charge on any atom is -0.508 e. The summed E-state index contributed by atoms with van der Waals surface area (Å²) in [6, 6.07) is 8.55. The van der Waals surface area contributed by atoms with E-state index in [2.05, 4.69) is 0 Å². The van der Waals surface area contributed by atoms with Crippen LogP contribution in [0, 0.1) is 6.92 Å². The summed E-state index contributed by atoms with van der Waals surface area (Å²) >= 11 is 1.47. The number of fused-ring (bicyclic) bond motifs is 1. The van der Waals surface area contributed by atoms with Crippen LogP contribution in [0.15, 0.2) is 39.5 Å². The molecule has 4 nitrogen and oxygen atoms in total. The van der Waals surface area contributed by atoms with Crippen molar-refractivity contribution in [3.8, 4) is 5.75 Å². The molecule has 0 amide bonds. The Balaban J connectivity index is 2.16. The van der Waals surface area contributed by atoms with Crippen molar-refractivity contribution in [2.45, 2.75) is 13.3 Å². The molecule has 0 aliphatic heterocycles. The molecule has 20 heavy (non-hydrogen) atoms. The minimum absolute atomic E-state index is 0.0823. The van der Waals surface area contributed by atoms with Crippen LogP contribution in [0.2, 0.25) is 0 Å². The van der Waals surface area contributed by atoms with Crippen LogP contribution in [0.4, 0.5) is 5.00 Å². The van der Waals surface area contributed by atoms with Gasteiger partial charge in [0.15, 0.2) is 0 Å². The SMILES string of the molecule is Cc1c(Cc2ccc(N)s2)c(=O)oc2cc(O)ccc12. The molecular formula is C15H13NO3S. The molecule has 0 aliphatic rings. The van der Waals surface area contributed by atoms with Gasteiger partial charge in [0, 0.05) is 28.3 Å². The lowest BCUT2D eigenvalue weighted by molar-refractivity contribution is 0.472. The van der Waals surface area contributed by atoms with Crippen LogP contribution in [0.25, 0.3) is 11.0 Å². The third-order valence-electron chi connectivity index (χ3n) is 3.30. The summed E-state index contributed by atoms with van der Waals surface area (Å²) in [5.41, 5.74) is 7.25. The lowest BCUT2D eigenvalue weighted by atomic mass is 10.0. The summed E-state index contributed by atoms with van der Waals surface area (Å²) in [4.78, 5) is 13.1. The van der Waals surface area contributed by atoms with Crippen molar-refractivity contribution < 1.29 is 9.52 Å². The van der Waals surface area contributed by atoms with Gasteiger partial charge in [-0.1, -0.05) is 0 Å². The van der Waals surface area contributed by atoms with E-state index in [1.807, 2.05) is 19.1 Å². The predicted octanol–water partition coefficient (Wildman–Crippen LogP) is 3.04. The van der Waals surface area contributed by atoms with Crippen molar-refractivity contribution in [3.05, 3.63) is 56.8 Å². The zero-order valence-corrected chi connectivity index (χ0v) is 11.7. The first kappa shape index (κ1) is 12.7. The Kier molecular flexibility index (Phi) is 2.99. The summed E-state index contributed by atoms with van der Waals surface area (Å²) in [6.07, 6.45) is 0.507. The molecule has 0 atom stereocenters. The monoisotopic (exact) mass is 287 g/mol. The number of nitrogen functional groups attached to an aromatic ring is 1. The third-order valence-corrected chi connectivity index (χ3v) is 4.22. The van der Waals surface area contributed by atoms with Gasteiger partial charge in [0.2, 0.25) is 0 Å². The Morgan fingerprint density at radius 2 is 2.10 bits per heavy atom. The summed E-state index contributed by atoms with van der Waals surface area (Å²) in [7, 11) is 0. The number of hydrogen-bond donors (Lipinski definition) is 2. The maximum Gasteiger partial charge on any atom is 0.340 e. The van der Waals surface area contributed by atoms with Crippen LogP contribution < -0.4 is 11.4 Å². The molecule has 2 heterocycles. The topological polar surface area (TPSA) is 76.5 Å². The van der Waals surface area contributed by atoms with Crippen molar-refractivity contribution in [1.82, 2.24) is 0 Å². The number of phenols is 1. The predicted molar refractivity (Wildman–Crippen MR) is 80.4 cm³/mol. The van der Waals surface area contributed by atoms with E-state index in [4.69, 9.17) is 10.2 Å². The maximum absolute atomic E-state index is 12.1. The van der Waals surface area contributed by atoms with Crippen LogP contribution in [-0.2, 0) is 6.42 Å². The van der Waals surface area contributed by atoms with E-state index in [-0.39, 0.29) is 11.4 Å². The summed E-state index contributed by atoms with van der Waals surface area (Å²) in [5.74, 6) is 0.0823. The molecule has 0 spiro atoms. The van der Waals surface area contributed by atoms with Gasteiger partial charge >= 0.3 is 5.63 Å². The minimum atomic E-state index is -0.368. The molecule has 1 aromatic carbocycles. The van der Waals surface area contributed by atoms with Crippen molar-refractivity contribution >= 4 is 27.3 Å². The second-order valence-electron chi connectivity index (χ2n) is 4.65. The van der Waals surface area contributed by atoms with Crippen molar-refractivity contribution in [1.29, 1.82) is 0 Å². The highest BCUT2D eigenvalue weighted by Gasteiger charge is 2.13. The van der Waals surface area contributed by atoms with E-state index < -0.39 is 0 Å². The van der Waals surface area contributed by atoms with Crippen molar-refractivity contribution in [3.63, 3.8) is 0 Å². The second-order valence-corrected chi connectivity index (χ2v) is 5.85. The van der Waals surface area contributed by atoms with E-state index in [1.54, 1.807) is 12.1 Å². The van der Waals surface area contributed by atoms with Gasteiger partial charge in [0.25, 0.3) is 0 Å². The average molecular weight is 287 g/mol. The first-order valence-corrected chi connectivity index (χ1v) is 6.96. The van der Waals surface area contributed by atoms with E-state index >= 15 is 0 Å². The van der Waals surface area contributed by atoms with E-state index in [9.17, 15) is 9.90 Å². The van der Waals surface area contributed by atoms with Gasteiger partial charge in [-0.25, -0.2) is 4.79 Å². The Morgan fingerprint density at radius 3 is 2.80 bits per heavy atom. The van der Waals surface area contributed by atoms with Crippen LogP contribution in [-0.4, -0.2) is 5.11 Å². The van der Waals surface area contributed by atoms with Crippen LogP contribution >= 0.6 is 11.3 Å². The van der Waals surface area contributed by atoms with Crippen molar-refractivity contribution in [2.75, 3.05) is 5.73 Å². The van der Waals surface area contributed by atoms with Gasteiger partial charge in [0.1, 0.15) is 11.3 Å². The molecular weight excluding hydrogens is 274 g/mol. The number of benzene rings is 1. The molecule has 0 bridgehead atoms. The Bertz CT molecular complexity index is 848. The molecule has 0 radical (unpaired) electrons. The zero-order valence-electron chi connectivity index (χ0n) is 10.8. The molecule has 3 aromatic rings. The summed E-state index contributed by atoms with van der Waals surface area (Å²) in [6.45, 7) is 1.89. The number of phenolic OH excluding ortho intramolecular Hbond substituents is 1. The van der Waals surface area contributed by atoms with Crippen LogP contribution in [0.5, 0.6) is 5.75 Å². The largest absolute Gasteiger partial charge is 0.508 e. The fraction of sp³-hybridized carbons (Fsp3) is 0.133. The number of anilines is 1. The molecule has 0 aliphatic carbocycles. The lowest BCUT2D eigenvalue weighted by Crippen LogP contribution is -2.10. The molecule has 0 fully saturated rings. The van der Waals surface area contributed by atoms with E-state index in [1.165, 1.54) is 17.4 Å². The molecule has 3 rings (SSSR count). The number of rotatable bonds is 2. The first-order chi connectivity index (χ1) is 9.54. The van der Waals surface area contributed by atoms with Crippen molar-refractivity contribution in [2.24, 2.45) is 0 Å². The highest BCUT2D eigenvalue weighted by atomic mass is 32.1. The molecule has 0 unspecified atom stereocenters. The normalized spacial score (nSPS) is 11.1. The first-order valence-electron chi connectivity index (χ1n) is 6.14. The fourth-order valence-corrected chi connectivity index (χ4v) is 3.04. The van der Waals surface area contributed by atoms with Gasteiger partial charge in [0.05, 0.1) is 5.00 Å². The molecule has 2 aromatic heterocycles. The number of aromatic hydroxyl groups is 1. The summed E-state index contributed by atoms with van der Waals surface area (Å²) in [5, 5.41) is 11.0. The molecule has 5 heteroatoms. The average Bonchev–Trinajstić information content (AvgIpc) is 2.80. The lowest BCUT2D eigenvalue weighted by Gasteiger charge is -2.07. The highest BCUT2D eigenvalue weighted by molar-refractivity contribution is 7.15. The summed E-state index contributed by atoms with van der Waals surface area (Å²) < 4.78 is 5.29. The fourth-order valence-electron chi connectivity index (χ4n) is 2.25. The van der Waals surface area contributed by atoms with Gasteiger partial charge < -0.3 is 15.3 Å². The Labute approximate surface area is 119 Å². The third kappa shape index (κ3) is 2.16. The van der Waals surface area contributed by atoms with E-state index in [0.717, 1.165) is 20.8 Å². The van der Waals surface area contributed by atoms with E-state index in [0.29, 0.717) is 17.6 Å². The smallest absolute Gasteiger partial charge is 0.340 e. The number of hydrogen-bond acceptors (Lipinski definition) is 5. The standard InChI is InChI=1S/C15H13NO3S/c1-8-11-4-2-9(17)6-13(11)19-15(18)12(8)7-10-3-5-14(16)20-10/h2-6,17H,7,16H2,1H3. The Hall–Kier alpha value is -2.27.